The van der Waals surface area contributed by atoms with Gasteiger partial charge in [0, 0.05) is 19.4 Å². The molecule has 5 aliphatic rings. The summed E-state index contributed by atoms with van der Waals surface area (Å²) in [5.41, 5.74) is 1.35. The highest BCUT2D eigenvalue weighted by molar-refractivity contribution is 5.91. The van der Waals surface area contributed by atoms with E-state index in [1.807, 2.05) is 25.5 Å². The minimum absolute atomic E-state index is 0.00391. The van der Waals surface area contributed by atoms with Gasteiger partial charge in [-0.2, -0.15) is 0 Å². The number of aliphatic hydroxyl groups excluding tert-OH is 1. The summed E-state index contributed by atoms with van der Waals surface area (Å²) in [6, 6.07) is 0. The number of allylic oxidation sites excluding steroid dienone is 1. The smallest absolute Gasteiger partial charge is 0.155 e. The lowest BCUT2D eigenvalue weighted by Gasteiger charge is -2.61. The summed E-state index contributed by atoms with van der Waals surface area (Å²) in [6.45, 7) is 7.04. The van der Waals surface area contributed by atoms with Crippen LogP contribution in [-0.4, -0.2) is 48.2 Å². The molecule has 2 N–H and O–H groups in total. The summed E-state index contributed by atoms with van der Waals surface area (Å²) in [5.74, 6) is 1.81. The molecule has 5 heteroatoms. The lowest BCUT2D eigenvalue weighted by molar-refractivity contribution is -0.194. The van der Waals surface area contributed by atoms with Gasteiger partial charge in [0.15, 0.2) is 5.78 Å². The third kappa shape index (κ3) is 3.44. The molecule has 5 nitrogen and oxygen atoms in total. The van der Waals surface area contributed by atoms with Crippen LogP contribution in [0.1, 0.15) is 65.7 Å². The van der Waals surface area contributed by atoms with E-state index in [0.29, 0.717) is 24.2 Å². The number of carbonyl (C=O) groups is 1. The van der Waals surface area contributed by atoms with Crippen LogP contribution < -0.4 is 0 Å². The van der Waals surface area contributed by atoms with E-state index in [1.54, 1.807) is 7.11 Å². The largest absolute Gasteiger partial charge is 0.392 e. The highest BCUT2D eigenvalue weighted by Gasteiger charge is 2.66. The van der Waals surface area contributed by atoms with Gasteiger partial charge >= 0.3 is 0 Å². The van der Waals surface area contributed by atoms with Crippen molar-refractivity contribution < 1.29 is 24.5 Å². The van der Waals surface area contributed by atoms with Gasteiger partial charge in [-0.1, -0.05) is 32.4 Å². The fraction of sp³-hybridized carbons (Fsp3) is 0.786. The normalized spacial score (nSPS) is 45.9. The molecule has 0 heterocycles. The molecule has 183 valence electrons. The molecule has 3 fully saturated rings. The maximum Gasteiger partial charge on any atom is 0.155 e. The molecule has 33 heavy (non-hydrogen) atoms. The monoisotopic (exact) mass is 457 g/mol. The third-order valence-corrected chi connectivity index (χ3v) is 10.6. The Morgan fingerprint density at radius 3 is 2.70 bits per heavy atom. The highest BCUT2D eigenvalue weighted by Crippen LogP contribution is 2.69. The van der Waals surface area contributed by atoms with Crippen LogP contribution in [0.3, 0.4) is 0 Å². The van der Waals surface area contributed by atoms with Gasteiger partial charge in [0.05, 0.1) is 18.3 Å². The number of hydrogen-bond donors (Lipinski definition) is 2. The summed E-state index contributed by atoms with van der Waals surface area (Å²) in [4.78, 5) is 12.2. The summed E-state index contributed by atoms with van der Waals surface area (Å²) in [5, 5.41) is 21.6. The maximum atomic E-state index is 12.2. The molecular formula is C28H41O5. The maximum absolute atomic E-state index is 12.2. The molecule has 3 saturated carbocycles. The predicted octanol–water partition coefficient (Wildman–Crippen LogP) is 4.24. The first-order valence-corrected chi connectivity index (χ1v) is 12.9. The summed E-state index contributed by atoms with van der Waals surface area (Å²) >= 11 is 0. The zero-order valence-corrected chi connectivity index (χ0v) is 20.7. The van der Waals surface area contributed by atoms with Gasteiger partial charge in [-0.05, 0) is 91.1 Å². The summed E-state index contributed by atoms with van der Waals surface area (Å²) < 4.78 is 11.8. The molecule has 0 saturated heterocycles. The molecule has 0 aliphatic heterocycles. The quantitative estimate of drug-likeness (QED) is 0.442. The van der Waals surface area contributed by atoms with E-state index < -0.39 is 5.60 Å². The molecule has 5 aliphatic carbocycles. The molecule has 0 bridgehead atoms. The summed E-state index contributed by atoms with van der Waals surface area (Å²) in [7, 11) is 1.68. The number of fused-ring (bicyclic) bond motifs is 5. The molecule has 0 aromatic carbocycles. The first-order valence-electron chi connectivity index (χ1n) is 12.9. The van der Waals surface area contributed by atoms with Crippen molar-refractivity contribution in [3.8, 4) is 0 Å². The van der Waals surface area contributed by atoms with Crippen molar-refractivity contribution in [3.63, 3.8) is 0 Å². The molecule has 0 aromatic rings. The zero-order chi connectivity index (χ0) is 23.6. The van der Waals surface area contributed by atoms with Crippen LogP contribution in [0.5, 0.6) is 0 Å². The molecular weight excluding hydrogens is 416 g/mol. The van der Waals surface area contributed by atoms with Gasteiger partial charge in [-0.3, -0.25) is 4.79 Å². The first-order chi connectivity index (χ1) is 15.7. The van der Waals surface area contributed by atoms with Crippen LogP contribution in [0.2, 0.25) is 0 Å². The molecule has 0 aromatic heterocycles. The second-order valence-corrected chi connectivity index (χ2v) is 11.9. The van der Waals surface area contributed by atoms with E-state index >= 15 is 0 Å². The van der Waals surface area contributed by atoms with Crippen LogP contribution in [0.4, 0.5) is 0 Å². The molecule has 5 rings (SSSR count). The number of rotatable bonds is 7. The van der Waals surface area contributed by atoms with Crippen LogP contribution in [-0.2, 0) is 14.3 Å². The van der Waals surface area contributed by atoms with Crippen molar-refractivity contribution in [3.05, 3.63) is 29.7 Å². The van der Waals surface area contributed by atoms with Crippen molar-refractivity contribution in [1.82, 2.24) is 0 Å². The number of hydrogen-bond acceptors (Lipinski definition) is 5. The Balaban J connectivity index is 1.50. The SMILES string of the molecule is C[CH]C(O)(C1C=C1CO)C1CCC2C3CCC4=CC(=O)CCC4(C)C3[C@@H](OCOC)CC21C. The number of ketones is 1. The number of ether oxygens (including phenoxy) is 2. The van der Waals surface area contributed by atoms with Crippen LogP contribution in [0, 0.1) is 46.8 Å². The van der Waals surface area contributed by atoms with Crippen molar-refractivity contribution in [2.45, 2.75) is 77.4 Å². The van der Waals surface area contributed by atoms with Gasteiger partial charge in [-0.15, -0.1) is 0 Å². The Hall–Kier alpha value is -1.01. The van der Waals surface area contributed by atoms with E-state index in [0.717, 1.165) is 44.1 Å². The topological polar surface area (TPSA) is 76.0 Å². The minimum atomic E-state index is -0.916. The Morgan fingerprint density at radius 1 is 1.24 bits per heavy atom. The van der Waals surface area contributed by atoms with Crippen LogP contribution in [0.15, 0.2) is 23.3 Å². The molecule has 9 atom stereocenters. The van der Waals surface area contributed by atoms with E-state index in [-0.39, 0.29) is 48.0 Å². The van der Waals surface area contributed by atoms with Gasteiger partial charge in [0.1, 0.15) is 6.79 Å². The van der Waals surface area contributed by atoms with Gasteiger partial charge in [0.25, 0.3) is 0 Å². The molecule has 0 amide bonds. The van der Waals surface area contributed by atoms with E-state index in [4.69, 9.17) is 9.47 Å². The van der Waals surface area contributed by atoms with Gasteiger partial charge in [0.2, 0.25) is 0 Å². The first kappa shape index (κ1) is 23.7. The Kier molecular flexibility index (Phi) is 5.96. The standard InChI is InChI=1S/C28H41O5/c1-5-28(31,22-12-17(22)15-29)24-9-8-21-20-7-6-18-13-19(30)10-11-26(18,2)25(20)23(33-16-32-4)14-27(21,24)3/h5,12-13,20-25,29,31H,6-11,14-16H2,1-4H3/t20?,21?,22?,23-,24?,25?,26?,27?,28?/m0/s1. The van der Waals surface area contributed by atoms with E-state index in [9.17, 15) is 15.0 Å². The third-order valence-electron chi connectivity index (χ3n) is 10.6. The number of aliphatic hydroxyl groups is 2. The molecule has 0 spiro atoms. The zero-order valence-electron chi connectivity index (χ0n) is 20.7. The second kappa shape index (κ2) is 8.29. The lowest BCUT2D eigenvalue weighted by atomic mass is 9.45. The second-order valence-electron chi connectivity index (χ2n) is 11.9. The van der Waals surface area contributed by atoms with Crippen molar-refractivity contribution in [2.75, 3.05) is 20.5 Å². The van der Waals surface area contributed by atoms with Crippen LogP contribution in [0.25, 0.3) is 0 Å². The fourth-order valence-electron chi connectivity index (χ4n) is 9.07. The van der Waals surface area contributed by atoms with Crippen molar-refractivity contribution >= 4 is 5.78 Å². The number of methoxy groups -OCH3 is 1. The highest BCUT2D eigenvalue weighted by atomic mass is 16.7. The van der Waals surface area contributed by atoms with Crippen LogP contribution >= 0.6 is 0 Å². The average molecular weight is 458 g/mol. The van der Waals surface area contributed by atoms with Crippen molar-refractivity contribution in [2.24, 2.45) is 40.4 Å². The number of carbonyl (C=O) groups excluding carboxylic acids is 1. The summed E-state index contributed by atoms with van der Waals surface area (Å²) in [6.07, 6.45) is 12.7. The molecule has 1 radical (unpaired) electrons. The minimum Gasteiger partial charge on any atom is -0.392 e. The fourth-order valence-corrected chi connectivity index (χ4v) is 9.07. The predicted molar refractivity (Wildman–Crippen MR) is 126 cm³/mol. The van der Waals surface area contributed by atoms with Gasteiger partial charge in [-0.25, -0.2) is 0 Å². The average Bonchev–Trinajstić information content (AvgIpc) is 3.52. The van der Waals surface area contributed by atoms with Crippen molar-refractivity contribution in [1.29, 1.82) is 0 Å². The van der Waals surface area contributed by atoms with E-state index in [1.165, 1.54) is 5.57 Å². The Morgan fingerprint density at radius 2 is 2.03 bits per heavy atom. The van der Waals surface area contributed by atoms with E-state index in [2.05, 4.69) is 13.8 Å². The van der Waals surface area contributed by atoms with Gasteiger partial charge < -0.3 is 19.7 Å². The molecule has 8 unspecified atom stereocenters. The Labute approximate surface area is 198 Å². The Bertz CT molecular complexity index is 862. The lowest BCUT2D eigenvalue weighted by Crippen LogP contribution is -2.59.